The number of anilines is 2. The van der Waals surface area contributed by atoms with E-state index in [9.17, 15) is 9.59 Å². The van der Waals surface area contributed by atoms with Crippen LogP contribution >= 0.6 is 23.6 Å². The van der Waals surface area contributed by atoms with Gasteiger partial charge < -0.3 is 15.4 Å². The Morgan fingerprint density at radius 2 is 1.88 bits per heavy atom. The molecule has 0 aliphatic carbocycles. The summed E-state index contributed by atoms with van der Waals surface area (Å²) < 4.78 is 7.63. The molecule has 0 aliphatic heterocycles. The lowest BCUT2D eigenvalue weighted by molar-refractivity contribution is -0.119. The van der Waals surface area contributed by atoms with Crippen LogP contribution in [0.3, 0.4) is 0 Å². The minimum absolute atomic E-state index is 0.156. The van der Waals surface area contributed by atoms with Gasteiger partial charge in [-0.25, -0.2) is 0 Å². The topological polar surface area (TPSA) is 101 Å². The second-order valence-electron chi connectivity index (χ2n) is 7.10. The van der Waals surface area contributed by atoms with E-state index in [4.69, 9.17) is 17.0 Å². The number of carbonyl (C=O) groups excluding carboxylic acids is 2. The summed E-state index contributed by atoms with van der Waals surface area (Å²) in [5.74, 6) is 0.533. The number of H-pyrrole nitrogens is 1. The molecular weight excluding hydrogens is 458 g/mol. The zero-order valence-electron chi connectivity index (χ0n) is 17.6. The van der Waals surface area contributed by atoms with Crippen molar-refractivity contribution in [2.45, 2.75) is 13.0 Å². The molecule has 1 atom stereocenters. The zero-order chi connectivity index (χ0) is 23.2. The van der Waals surface area contributed by atoms with Crippen LogP contribution in [0, 0.1) is 4.77 Å². The Balaban J connectivity index is 1.39. The van der Waals surface area contributed by atoms with E-state index < -0.39 is 6.04 Å². The van der Waals surface area contributed by atoms with Gasteiger partial charge in [0.05, 0.1) is 4.88 Å². The number of ether oxygens (including phenoxy) is 1. The van der Waals surface area contributed by atoms with Gasteiger partial charge >= 0.3 is 0 Å². The molecular formula is C23H21N5O3S2. The molecule has 2 heterocycles. The van der Waals surface area contributed by atoms with E-state index in [-0.39, 0.29) is 18.4 Å². The molecule has 0 bridgehead atoms. The Bertz CT molecular complexity index is 1300. The van der Waals surface area contributed by atoms with Crippen molar-refractivity contribution in [3.05, 3.63) is 76.9 Å². The maximum atomic E-state index is 12.9. The monoisotopic (exact) mass is 479 g/mol. The number of hydrogen-bond acceptors (Lipinski definition) is 6. The van der Waals surface area contributed by atoms with Crippen LogP contribution in [0.2, 0.25) is 0 Å². The van der Waals surface area contributed by atoms with Gasteiger partial charge in [-0.1, -0.05) is 30.3 Å². The van der Waals surface area contributed by atoms with Gasteiger partial charge in [-0.05, 0) is 54.9 Å². The van der Waals surface area contributed by atoms with Gasteiger partial charge in [0.25, 0.3) is 5.91 Å². The summed E-state index contributed by atoms with van der Waals surface area (Å²) >= 11 is 6.86. The number of aromatic nitrogens is 3. The van der Waals surface area contributed by atoms with Crippen LogP contribution in [0.15, 0.2) is 72.1 Å². The molecule has 0 fully saturated rings. The van der Waals surface area contributed by atoms with Crippen LogP contribution in [-0.4, -0.2) is 33.2 Å². The minimum Gasteiger partial charge on any atom is -0.484 e. The summed E-state index contributed by atoms with van der Waals surface area (Å²) in [7, 11) is 0. The molecule has 3 N–H and O–H groups in total. The van der Waals surface area contributed by atoms with E-state index in [1.807, 2.05) is 35.7 Å². The van der Waals surface area contributed by atoms with Crippen molar-refractivity contribution in [3.63, 3.8) is 0 Å². The highest BCUT2D eigenvalue weighted by atomic mass is 32.1. The summed E-state index contributed by atoms with van der Waals surface area (Å²) in [4.78, 5) is 26.0. The van der Waals surface area contributed by atoms with Crippen molar-refractivity contribution < 1.29 is 14.3 Å². The number of hydrogen-bond donors (Lipinski definition) is 3. The highest BCUT2D eigenvalue weighted by Crippen LogP contribution is 2.26. The summed E-state index contributed by atoms with van der Waals surface area (Å²) in [6, 6.07) is 19.2. The average molecular weight is 480 g/mol. The number of thiophene rings is 1. The van der Waals surface area contributed by atoms with Gasteiger partial charge in [0.2, 0.25) is 5.91 Å². The molecule has 2 aromatic heterocycles. The van der Waals surface area contributed by atoms with Crippen LogP contribution in [0.25, 0.3) is 10.7 Å². The molecule has 2 aromatic carbocycles. The van der Waals surface area contributed by atoms with Crippen LogP contribution in [0.1, 0.15) is 13.0 Å². The van der Waals surface area contributed by atoms with Gasteiger partial charge in [-0.2, -0.15) is 5.10 Å². The van der Waals surface area contributed by atoms with Crippen LogP contribution in [0.5, 0.6) is 5.75 Å². The first-order valence-corrected chi connectivity index (χ1v) is 11.4. The van der Waals surface area contributed by atoms with Crippen molar-refractivity contribution in [1.29, 1.82) is 0 Å². The second kappa shape index (κ2) is 10.2. The first kappa shape index (κ1) is 22.4. The normalized spacial score (nSPS) is 11.5. The van der Waals surface area contributed by atoms with Gasteiger partial charge in [0.1, 0.15) is 11.8 Å². The number of aromatic amines is 1. The molecule has 0 spiro atoms. The third-order valence-electron chi connectivity index (χ3n) is 4.74. The minimum atomic E-state index is -0.602. The third kappa shape index (κ3) is 5.54. The molecule has 0 saturated carbocycles. The molecule has 33 heavy (non-hydrogen) atoms. The quantitative estimate of drug-likeness (QED) is 0.313. The first-order valence-electron chi connectivity index (χ1n) is 10.1. The molecule has 168 valence electrons. The fourth-order valence-electron chi connectivity index (χ4n) is 3.14. The Kier molecular flexibility index (Phi) is 6.96. The van der Waals surface area contributed by atoms with E-state index in [1.54, 1.807) is 47.9 Å². The van der Waals surface area contributed by atoms with Crippen molar-refractivity contribution in [2.24, 2.45) is 0 Å². The molecule has 1 unspecified atom stereocenters. The van der Waals surface area contributed by atoms with Gasteiger partial charge in [-0.3, -0.25) is 19.3 Å². The van der Waals surface area contributed by atoms with Crippen LogP contribution < -0.4 is 15.4 Å². The molecule has 8 nitrogen and oxygen atoms in total. The Morgan fingerprint density at radius 3 is 2.64 bits per heavy atom. The fraction of sp³-hybridized carbons (Fsp3) is 0.130. The van der Waals surface area contributed by atoms with Crippen molar-refractivity contribution >= 4 is 46.7 Å². The number of benzene rings is 2. The number of amides is 2. The molecule has 0 saturated heterocycles. The predicted octanol–water partition coefficient (Wildman–Crippen LogP) is 4.89. The summed E-state index contributed by atoms with van der Waals surface area (Å²) in [5.41, 5.74) is 1.24. The smallest absolute Gasteiger partial charge is 0.262 e. The zero-order valence-corrected chi connectivity index (χ0v) is 19.3. The lowest BCUT2D eigenvalue weighted by Crippen LogP contribution is -2.24. The molecule has 10 heteroatoms. The second-order valence-corrected chi connectivity index (χ2v) is 8.43. The number of rotatable bonds is 8. The molecule has 4 aromatic rings. The summed E-state index contributed by atoms with van der Waals surface area (Å²) in [6.07, 6.45) is 0. The van der Waals surface area contributed by atoms with E-state index in [0.717, 1.165) is 4.88 Å². The van der Waals surface area contributed by atoms with Crippen LogP contribution in [0.4, 0.5) is 11.4 Å². The van der Waals surface area contributed by atoms with Crippen molar-refractivity contribution in [2.75, 3.05) is 17.2 Å². The van der Waals surface area contributed by atoms with Gasteiger partial charge in [0, 0.05) is 17.4 Å². The maximum absolute atomic E-state index is 12.9. The fourth-order valence-corrected chi connectivity index (χ4v) is 4.14. The van der Waals surface area contributed by atoms with Crippen molar-refractivity contribution in [3.8, 4) is 16.5 Å². The SMILES string of the molecule is CC(C(=O)Nc1cccc(OCC(=O)Nc2ccccc2)c1)n1c(-c2cccs2)n[nH]c1=S. The highest BCUT2D eigenvalue weighted by molar-refractivity contribution is 7.71. The number of nitrogens with zero attached hydrogens (tertiary/aromatic N) is 2. The molecule has 2 amide bonds. The van der Waals surface area contributed by atoms with E-state index >= 15 is 0 Å². The van der Waals surface area contributed by atoms with Crippen molar-refractivity contribution in [1.82, 2.24) is 14.8 Å². The Labute approximate surface area is 199 Å². The third-order valence-corrected chi connectivity index (χ3v) is 5.90. The number of carbonyl (C=O) groups is 2. The Hall–Kier alpha value is -3.76. The lowest BCUT2D eigenvalue weighted by Gasteiger charge is -2.16. The van der Waals surface area contributed by atoms with E-state index in [0.29, 0.717) is 27.7 Å². The molecule has 4 rings (SSSR count). The predicted molar refractivity (Wildman–Crippen MR) is 131 cm³/mol. The lowest BCUT2D eigenvalue weighted by atomic mass is 10.2. The molecule has 0 aliphatic rings. The van der Waals surface area contributed by atoms with Gasteiger partial charge in [-0.15, -0.1) is 11.3 Å². The average Bonchev–Trinajstić information content (AvgIpc) is 3.48. The van der Waals surface area contributed by atoms with Crippen LogP contribution in [-0.2, 0) is 9.59 Å². The standard InChI is InChI=1S/C23H21N5O3S2/c1-15(28-21(26-27-23(28)32)19-11-6-12-33-19)22(30)25-17-9-5-10-18(13-17)31-14-20(29)24-16-7-3-2-4-8-16/h2-13,15H,14H2,1H3,(H,24,29)(H,25,30)(H,27,32). The Morgan fingerprint density at radius 1 is 1.09 bits per heavy atom. The highest BCUT2D eigenvalue weighted by Gasteiger charge is 2.21. The summed E-state index contributed by atoms with van der Waals surface area (Å²) in [6.45, 7) is 1.60. The number of para-hydroxylation sites is 1. The summed E-state index contributed by atoms with van der Waals surface area (Å²) in [5, 5.41) is 14.6. The largest absolute Gasteiger partial charge is 0.484 e. The molecule has 0 radical (unpaired) electrons. The number of nitrogens with one attached hydrogen (secondary N) is 3. The maximum Gasteiger partial charge on any atom is 0.262 e. The van der Waals surface area contributed by atoms with E-state index in [1.165, 1.54) is 11.3 Å². The van der Waals surface area contributed by atoms with Gasteiger partial charge in [0.15, 0.2) is 17.2 Å². The van der Waals surface area contributed by atoms with E-state index in [2.05, 4.69) is 20.8 Å². The first-order chi connectivity index (χ1) is 16.0.